The fourth-order valence-electron chi connectivity index (χ4n) is 8.59. The summed E-state index contributed by atoms with van der Waals surface area (Å²) >= 11 is 0. The van der Waals surface area contributed by atoms with Crippen molar-refractivity contribution in [1.29, 1.82) is 0 Å². The quantitative estimate of drug-likeness (QED) is 0.228. The van der Waals surface area contributed by atoms with Crippen LogP contribution in [0.5, 0.6) is 0 Å². The van der Waals surface area contributed by atoms with Crippen LogP contribution >= 0.6 is 0 Å². The third-order valence-electron chi connectivity index (χ3n) is 10.4. The molecule has 40 heavy (non-hydrogen) atoms. The van der Waals surface area contributed by atoms with Gasteiger partial charge in [0.1, 0.15) is 0 Å². The molecule has 4 heterocycles. The minimum Gasteiger partial charge on any atom is -0.337 e. The monoisotopic (exact) mass is 514 g/mol. The van der Waals surface area contributed by atoms with Gasteiger partial charge >= 0.3 is 0 Å². The van der Waals surface area contributed by atoms with Gasteiger partial charge in [-0.2, -0.15) is 0 Å². The van der Waals surface area contributed by atoms with Crippen LogP contribution in [0.3, 0.4) is 0 Å². The van der Waals surface area contributed by atoms with Crippen LogP contribution in [-0.2, 0) is 17.3 Å². The van der Waals surface area contributed by atoms with Gasteiger partial charge in [0, 0.05) is 40.1 Å². The largest absolute Gasteiger partial charge is 0.337 e. The molecule has 3 heteroatoms. The van der Waals surface area contributed by atoms with Crippen LogP contribution in [0.25, 0.3) is 0 Å². The van der Waals surface area contributed by atoms with E-state index in [4.69, 9.17) is 6.58 Å². The summed E-state index contributed by atoms with van der Waals surface area (Å²) in [6.45, 7) is 13.0. The first-order valence-corrected chi connectivity index (χ1v) is 14.5. The van der Waals surface area contributed by atoms with Crippen LogP contribution in [0.1, 0.15) is 48.6 Å². The molecule has 192 valence electrons. The highest BCUT2D eigenvalue weighted by Crippen LogP contribution is 2.62. The molecule has 5 aliphatic rings. The summed E-state index contributed by atoms with van der Waals surface area (Å²) in [5, 5.41) is 0. The van der Waals surface area contributed by atoms with Gasteiger partial charge in [-0.05, 0) is 69.4 Å². The second-order valence-corrected chi connectivity index (χ2v) is 12.8. The van der Waals surface area contributed by atoms with Crippen molar-refractivity contribution >= 4 is 46.1 Å². The molecule has 0 bridgehead atoms. The van der Waals surface area contributed by atoms with Crippen LogP contribution in [0.2, 0.25) is 0 Å². The van der Waals surface area contributed by atoms with Crippen molar-refractivity contribution in [3.63, 3.8) is 0 Å². The van der Waals surface area contributed by atoms with E-state index < -0.39 is 0 Å². The van der Waals surface area contributed by atoms with Gasteiger partial charge in [-0.1, -0.05) is 99.1 Å². The molecule has 4 aliphatic heterocycles. The molecular formula is C37H31BN2. The van der Waals surface area contributed by atoms with Crippen molar-refractivity contribution in [2.45, 2.75) is 38.0 Å². The summed E-state index contributed by atoms with van der Waals surface area (Å²) in [5.74, 6) is 0. The number of para-hydroxylation sites is 2. The number of rotatable bonds is 0. The number of fused-ring (bicyclic) bond motifs is 7. The van der Waals surface area contributed by atoms with E-state index in [0.29, 0.717) is 0 Å². The maximum Gasteiger partial charge on any atom is 0.248 e. The van der Waals surface area contributed by atoms with Gasteiger partial charge in [0.2, 0.25) is 6.71 Å². The molecule has 0 spiro atoms. The number of hydrogen-bond donors (Lipinski definition) is 0. The van der Waals surface area contributed by atoms with E-state index in [1.54, 1.807) is 0 Å². The van der Waals surface area contributed by atoms with Crippen molar-refractivity contribution in [1.82, 2.24) is 0 Å². The van der Waals surface area contributed by atoms with Crippen LogP contribution in [-0.4, -0.2) is 13.3 Å². The Hall–Kier alpha value is -4.24. The van der Waals surface area contributed by atoms with Crippen LogP contribution in [0, 0.1) is 0 Å². The van der Waals surface area contributed by atoms with Crippen molar-refractivity contribution in [2.75, 3.05) is 16.3 Å². The number of allylic oxidation sites excluding steroid dienone is 4. The Balaban J connectivity index is 1.50. The number of anilines is 5. The molecule has 0 fully saturated rings. The van der Waals surface area contributed by atoms with Gasteiger partial charge in [-0.3, -0.25) is 0 Å². The summed E-state index contributed by atoms with van der Waals surface area (Å²) in [6.07, 6.45) is 9.97. The summed E-state index contributed by atoms with van der Waals surface area (Å²) in [4.78, 5) is 5.18. The highest BCUT2D eigenvalue weighted by molar-refractivity contribution is 6.95. The standard InChI is InChI=1S/C37H31BN2/c1-23-13-6-5-11-20-39-29-17-9-7-15-25(29)36(2,3)26-21-27-35-33(34(26)39)38(23)28-16-8-10-18-30(28)40(35)31-19-12-14-24-22-37(27,4)32(24)31/h5-19,21H,1,20,22H2,2-4H3/b11-5-,13-6-. The van der Waals surface area contributed by atoms with Gasteiger partial charge in [0.15, 0.2) is 0 Å². The second kappa shape index (κ2) is 7.28. The first kappa shape index (κ1) is 22.6. The van der Waals surface area contributed by atoms with Gasteiger partial charge in [0.05, 0.1) is 5.69 Å². The Morgan fingerprint density at radius 1 is 0.775 bits per heavy atom. The molecular weight excluding hydrogens is 483 g/mol. The first-order chi connectivity index (χ1) is 19.4. The van der Waals surface area contributed by atoms with E-state index in [-0.39, 0.29) is 17.5 Å². The molecule has 0 saturated carbocycles. The zero-order valence-corrected chi connectivity index (χ0v) is 23.3. The molecule has 0 amide bonds. The highest BCUT2D eigenvalue weighted by Gasteiger charge is 2.54. The molecule has 0 saturated heterocycles. The van der Waals surface area contributed by atoms with Crippen molar-refractivity contribution in [3.05, 3.63) is 137 Å². The van der Waals surface area contributed by atoms with Crippen LogP contribution in [0.4, 0.5) is 28.4 Å². The minimum absolute atomic E-state index is 0.00436. The second-order valence-electron chi connectivity index (χ2n) is 12.8. The summed E-state index contributed by atoms with van der Waals surface area (Å²) in [7, 11) is 0. The fourth-order valence-corrected chi connectivity index (χ4v) is 8.59. The number of nitrogens with zero attached hydrogens (tertiary/aromatic N) is 2. The third kappa shape index (κ3) is 2.49. The lowest BCUT2D eigenvalue weighted by Gasteiger charge is -2.55. The average Bonchev–Trinajstić information content (AvgIpc) is 2.95. The Bertz CT molecular complexity index is 1890. The minimum atomic E-state index is -0.134. The summed E-state index contributed by atoms with van der Waals surface area (Å²) in [6, 6.07) is 27.6. The van der Waals surface area contributed by atoms with E-state index in [0.717, 1.165) is 18.4 Å². The Labute approximate surface area is 237 Å². The molecule has 9 rings (SSSR count). The average molecular weight is 514 g/mol. The lowest BCUT2D eigenvalue weighted by atomic mass is 9.33. The molecule has 1 aliphatic carbocycles. The maximum atomic E-state index is 4.73. The molecule has 0 radical (unpaired) electrons. The van der Waals surface area contributed by atoms with Crippen molar-refractivity contribution in [2.24, 2.45) is 0 Å². The molecule has 1 unspecified atom stereocenters. The van der Waals surface area contributed by atoms with Crippen molar-refractivity contribution < 1.29 is 0 Å². The van der Waals surface area contributed by atoms with Crippen LogP contribution in [0.15, 0.2) is 109 Å². The van der Waals surface area contributed by atoms with Gasteiger partial charge in [0.25, 0.3) is 0 Å². The molecule has 0 N–H and O–H groups in total. The Kier molecular flexibility index (Phi) is 4.11. The van der Waals surface area contributed by atoms with E-state index in [9.17, 15) is 0 Å². The predicted octanol–water partition coefficient (Wildman–Crippen LogP) is 7.25. The molecule has 0 aromatic heterocycles. The predicted molar refractivity (Wildman–Crippen MR) is 169 cm³/mol. The first-order valence-electron chi connectivity index (χ1n) is 14.5. The zero-order valence-electron chi connectivity index (χ0n) is 23.3. The van der Waals surface area contributed by atoms with E-state index in [1.165, 1.54) is 67.2 Å². The SMILES string of the molecule is C=C1/C=C\C=C/CN2c3ccccc3C(C)(C)c3cc4c5c(c32)B1c1ccccc1N5c1cccc2c1C4(C)C2. The molecule has 1 atom stereocenters. The normalized spacial score (nSPS) is 23.3. The fraction of sp³-hybridized carbons (Fsp3) is 0.189. The lowest BCUT2D eigenvalue weighted by Crippen LogP contribution is -2.57. The van der Waals surface area contributed by atoms with Gasteiger partial charge in [-0.15, -0.1) is 6.58 Å². The number of benzene rings is 4. The summed E-state index contributed by atoms with van der Waals surface area (Å²) in [5.41, 5.74) is 17.8. The van der Waals surface area contributed by atoms with E-state index in [1.807, 2.05) is 0 Å². The smallest absolute Gasteiger partial charge is 0.248 e. The Morgan fingerprint density at radius 3 is 2.42 bits per heavy atom. The van der Waals surface area contributed by atoms with Gasteiger partial charge < -0.3 is 9.80 Å². The zero-order chi connectivity index (χ0) is 27.0. The van der Waals surface area contributed by atoms with E-state index in [2.05, 4.69) is 128 Å². The van der Waals surface area contributed by atoms with Crippen molar-refractivity contribution in [3.8, 4) is 0 Å². The highest BCUT2D eigenvalue weighted by atomic mass is 15.2. The third-order valence-corrected chi connectivity index (χ3v) is 10.4. The summed E-state index contributed by atoms with van der Waals surface area (Å²) < 4.78 is 0. The Morgan fingerprint density at radius 2 is 1.55 bits per heavy atom. The van der Waals surface area contributed by atoms with Gasteiger partial charge in [-0.25, -0.2) is 0 Å². The topological polar surface area (TPSA) is 6.48 Å². The number of hydrogen-bond acceptors (Lipinski definition) is 2. The lowest BCUT2D eigenvalue weighted by molar-refractivity contribution is 0.489. The molecule has 2 nitrogen and oxygen atoms in total. The molecule has 4 aromatic carbocycles. The van der Waals surface area contributed by atoms with Crippen LogP contribution < -0.4 is 20.7 Å². The van der Waals surface area contributed by atoms with E-state index >= 15 is 0 Å². The maximum absolute atomic E-state index is 4.73. The molecule has 4 aromatic rings.